The summed E-state index contributed by atoms with van der Waals surface area (Å²) in [6.45, 7) is 10.4. The third kappa shape index (κ3) is 6.39. The molecule has 1 N–H and O–H groups in total. The van der Waals surface area contributed by atoms with Crippen LogP contribution in [-0.2, 0) is 11.8 Å². The number of esters is 1. The van der Waals surface area contributed by atoms with Gasteiger partial charge in [-0.25, -0.2) is 14.8 Å². The van der Waals surface area contributed by atoms with Crippen LogP contribution in [0.3, 0.4) is 0 Å². The molecule has 0 amide bonds. The van der Waals surface area contributed by atoms with Gasteiger partial charge >= 0.3 is 5.97 Å². The molecule has 0 aliphatic carbocycles. The molecule has 40 heavy (non-hydrogen) atoms. The Balaban J connectivity index is 1.25. The monoisotopic (exact) mass is 547 g/mol. The summed E-state index contributed by atoms with van der Waals surface area (Å²) >= 11 is 0. The van der Waals surface area contributed by atoms with Crippen LogP contribution in [-0.4, -0.2) is 95.9 Å². The SMILES string of the molecule is COc1cc(N2CCC(N3CCN(C)CC3)CC2)ccc1Nc1nccc(-c2cc(C(=O)OC(C)C)cn2C)n1. The number of piperazine rings is 1. The van der Waals surface area contributed by atoms with Gasteiger partial charge in [-0.05, 0) is 58.0 Å². The second kappa shape index (κ2) is 12.3. The molecule has 0 unspecified atom stereocenters. The quantitative estimate of drug-likeness (QED) is 0.420. The van der Waals surface area contributed by atoms with Gasteiger partial charge in [0.15, 0.2) is 0 Å². The fourth-order valence-electron chi connectivity index (χ4n) is 5.55. The number of carbonyl (C=O) groups excluding carboxylic acids is 1. The lowest BCUT2D eigenvalue weighted by atomic mass is 10.0. The van der Waals surface area contributed by atoms with E-state index in [0.717, 1.165) is 43.3 Å². The van der Waals surface area contributed by atoms with Gasteiger partial charge in [0.2, 0.25) is 5.95 Å². The van der Waals surface area contributed by atoms with Gasteiger partial charge in [-0.2, -0.15) is 0 Å². The summed E-state index contributed by atoms with van der Waals surface area (Å²) in [5, 5.41) is 3.32. The molecule has 0 bridgehead atoms. The Morgan fingerprint density at radius 3 is 2.48 bits per heavy atom. The zero-order valence-electron chi connectivity index (χ0n) is 24.3. The van der Waals surface area contributed by atoms with Crippen LogP contribution in [0.5, 0.6) is 5.75 Å². The summed E-state index contributed by atoms with van der Waals surface area (Å²) in [5.41, 5.74) is 3.94. The molecule has 2 aliphatic rings. The number of nitrogens with zero attached hydrogens (tertiary/aromatic N) is 6. The summed E-state index contributed by atoms with van der Waals surface area (Å²) in [4.78, 5) is 29.0. The van der Waals surface area contributed by atoms with E-state index in [4.69, 9.17) is 14.5 Å². The van der Waals surface area contributed by atoms with Crippen LogP contribution in [0, 0.1) is 0 Å². The fraction of sp³-hybridized carbons (Fsp3) is 0.500. The molecule has 0 radical (unpaired) electrons. The molecule has 0 atom stereocenters. The maximum atomic E-state index is 12.4. The number of carbonyl (C=O) groups is 1. The second-order valence-corrected chi connectivity index (χ2v) is 11.0. The number of rotatable bonds is 8. The van der Waals surface area contributed by atoms with Gasteiger partial charge in [-0.3, -0.25) is 4.90 Å². The lowest BCUT2D eigenvalue weighted by Gasteiger charge is -2.42. The number of nitrogens with one attached hydrogen (secondary N) is 1. The molecular formula is C30H41N7O3. The second-order valence-electron chi connectivity index (χ2n) is 11.0. The molecule has 2 fully saturated rings. The molecule has 2 aliphatic heterocycles. The number of aryl methyl sites for hydroxylation is 1. The third-order valence-corrected chi connectivity index (χ3v) is 7.82. The molecular weight excluding hydrogens is 506 g/mol. The highest BCUT2D eigenvalue weighted by atomic mass is 16.5. The van der Waals surface area contributed by atoms with Gasteiger partial charge < -0.3 is 29.2 Å². The first-order valence-electron chi connectivity index (χ1n) is 14.1. The molecule has 3 aromatic rings. The summed E-state index contributed by atoms with van der Waals surface area (Å²) in [6.07, 6.45) is 5.65. The molecule has 2 saturated heterocycles. The van der Waals surface area contributed by atoms with Crippen molar-refractivity contribution < 1.29 is 14.3 Å². The van der Waals surface area contributed by atoms with Crippen molar-refractivity contribution in [2.75, 3.05) is 63.6 Å². The lowest BCUT2D eigenvalue weighted by Crippen LogP contribution is -2.52. The largest absolute Gasteiger partial charge is 0.494 e. The van der Waals surface area contributed by atoms with E-state index in [1.807, 2.05) is 37.6 Å². The smallest absolute Gasteiger partial charge is 0.339 e. The number of aromatic nitrogens is 3. The Morgan fingerprint density at radius 1 is 1.02 bits per heavy atom. The minimum Gasteiger partial charge on any atom is -0.494 e. The Morgan fingerprint density at radius 2 is 1.77 bits per heavy atom. The zero-order valence-corrected chi connectivity index (χ0v) is 24.3. The van der Waals surface area contributed by atoms with Gasteiger partial charge in [0.25, 0.3) is 0 Å². The number of benzene rings is 1. The first-order valence-corrected chi connectivity index (χ1v) is 14.1. The Bertz CT molecular complexity index is 1310. The number of hydrogen-bond donors (Lipinski definition) is 1. The first kappa shape index (κ1) is 27.9. The van der Waals surface area contributed by atoms with Gasteiger partial charge in [0.1, 0.15) is 5.75 Å². The van der Waals surface area contributed by atoms with Crippen molar-refractivity contribution in [2.45, 2.75) is 38.8 Å². The number of methoxy groups -OCH3 is 1. The molecule has 214 valence electrons. The number of hydrogen-bond acceptors (Lipinski definition) is 9. The number of piperidine rings is 1. The lowest BCUT2D eigenvalue weighted by molar-refractivity contribution is 0.0378. The summed E-state index contributed by atoms with van der Waals surface area (Å²) in [5.74, 6) is 0.840. The first-order chi connectivity index (χ1) is 19.3. The Kier molecular flexibility index (Phi) is 8.56. The van der Waals surface area contributed by atoms with Crippen LogP contribution in [0.2, 0.25) is 0 Å². The van der Waals surface area contributed by atoms with Crippen LogP contribution in [0.4, 0.5) is 17.3 Å². The predicted molar refractivity (Wildman–Crippen MR) is 158 cm³/mol. The van der Waals surface area contributed by atoms with E-state index in [-0.39, 0.29) is 12.1 Å². The number of ether oxygens (including phenoxy) is 2. The Hall–Kier alpha value is -3.63. The van der Waals surface area contributed by atoms with E-state index in [0.29, 0.717) is 23.2 Å². The average molecular weight is 548 g/mol. The molecule has 10 heteroatoms. The molecule has 0 saturated carbocycles. The van der Waals surface area contributed by atoms with Gasteiger partial charge in [0, 0.05) is 76.5 Å². The average Bonchev–Trinajstić information content (AvgIpc) is 3.35. The molecule has 0 spiro atoms. The van der Waals surface area contributed by atoms with Gasteiger partial charge in [-0.1, -0.05) is 0 Å². The standard InChI is InChI=1S/C30H41N7O3/c1-21(2)40-29(38)22-18-27(35(4)20-22)25-8-11-31-30(32-25)33-26-7-6-24(19-28(26)39-5)36-12-9-23(10-13-36)37-16-14-34(3)15-17-37/h6-8,11,18-21,23H,9-10,12-17H2,1-5H3,(H,31,32,33). The number of likely N-dealkylation sites (N-methyl/N-ethyl adjacent to an activating group) is 1. The highest BCUT2D eigenvalue weighted by Crippen LogP contribution is 2.33. The molecule has 5 rings (SSSR count). The van der Waals surface area contributed by atoms with Crippen LogP contribution in [0.1, 0.15) is 37.0 Å². The Labute approximate surface area is 236 Å². The summed E-state index contributed by atoms with van der Waals surface area (Å²) < 4.78 is 13.0. The van der Waals surface area contributed by atoms with Gasteiger partial charge in [0.05, 0.1) is 35.9 Å². The van der Waals surface area contributed by atoms with E-state index >= 15 is 0 Å². The topological polar surface area (TPSA) is 88.0 Å². The molecule has 2 aromatic heterocycles. The van der Waals surface area contributed by atoms with Crippen molar-refractivity contribution in [1.29, 1.82) is 0 Å². The van der Waals surface area contributed by atoms with Crippen LogP contribution >= 0.6 is 0 Å². The molecule has 4 heterocycles. The number of anilines is 3. The van der Waals surface area contributed by atoms with Crippen LogP contribution in [0.15, 0.2) is 42.7 Å². The van der Waals surface area contributed by atoms with E-state index in [1.54, 1.807) is 25.6 Å². The fourth-order valence-corrected chi connectivity index (χ4v) is 5.55. The van der Waals surface area contributed by atoms with Crippen LogP contribution in [0.25, 0.3) is 11.4 Å². The van der Waals surface area contributed by atoms with E-state index in [9.17, 15) is 4.79 Å². The van der Waals surface area contributed by atoms with Gasteiger partial charge in [-0.15, -0.1) is 0 Å². The highest BCUT2D eigenvalue weighted by Gasteiger charge is 2.27. The van der Waals surface area contributed by atoms with Crippen molar-refractivity contribution in [1.82, 2.24) is 24.3 Å². The zero-order chi connectivity index (χ0) is 28.2. The minimum atomic E-state index is -0.349. The van der Waals surface area contributed by atoms with Crippen molar-refractivity contribution in [3.8, 4) is 17.1 Å². The molecule has 10 nitrogen and oxygen atoms in total. The normalized spacial score (nSPS) is 17.3. The van der Waals surface area contributed by atoms with E-state index in [1.165, 1.54) is 31.6 Å². The maximum Gasteiger partial charge on any atom is 0.339 e. The highest BCUT2D eigenvalue weighted by molar-refractivity contribution is 5.91. The summed E-state index contributed by atoms with van der Waals surface area (Å²) in [7, 11) is 5.77. The van der Waals surface area contributed by atoms with Crippen molar-refractivity contribution in [3.05, 3.63) is 48.3 Å². The molecule has 1 aromatic carbocycles. The maximum absolute atomic E-state index is 12.4. The third-order valence-electron chi connectivity index (χ3n) is 7.82. The minimum absolute atomic E-state index is 0.179. The van der Waals surface area contributed by atoms with Crippen molar-refractivity contribution in [3.63, 3.8) is 0 Å². The van der Waals surface area contributed by atoms with Crippen LogP contribution < -0.4 is 15.0 Å². The van der Waals surface area contributed by atoms with E-state index < -0.39 is 0 Å². The summed E-state index contributed by atoms with van der Waals surface area (Å²) in [6, 6.07) is 10.5. The predicted octanol–water partition coefficient (Wildman–Crippen LogP) is 4.02. The van der Waals surface area contributed by atoms with Crippen molar-refractivity contribution in [2.24, 2.45) is 7.05 Å². The van der Waals surface area contributed by atoms with Crippen molar-refractivity contribution >= 4 is 23.3 Å². The van der Waals surface area contributed by atoms with E-state index in [2.05, 4.69) is 44.2 Å².